The van der Waals surface area contributed by atoms with Gasteiger partial charge in [0.15, 0.2) is 0 Å². The summed E-state index contributed by atoms with van der Waals surface area (Å²) in [6.45, 7) is 8.80. The van der Waals surface area contributed by atoms with E-state index >= 15 is 0 Å². The number of piperazine rings is 1. The van der Waals surface area contributed by atoms with Crippen LogP contribution in [0.2, 0.25) is 5.02 Å². The molecule has 1 aromatic carbocycles. The van der Waals surface area contributed by atoms with E-state index in [1.807, 2.05) is 0 Å². The quantitative estimate of drug-likeness (QED) is 0.755. The highest BCUT2D eigenvalue weighted by Crippen LogP contribution is 2.16. The predicted molar refractivity (Wildman–Crippen MR) is 106 cm³/mol. The van der Waals surface area contributed by atoms with Crippen LogP contribution >= 0.6 is 11.6 Å². The summed E-state index contributed by atoms with van der Waals surface area (Å²) in [6, 6.07) is 11.3. The van der Waals surface area contributed by atoms with Gasteiger partial charge in [0.25, 0.3) is 0 Å². The minimum absolute atomic E-state index is 0.0337. The number of aryl methyl sites for hydroxylation is 2. The molecule has 1 aromatic heterocycles. The Morgan fingerprint density at radius 3 is 2.04 bits per heavy atom. The van der Waals surface area contributed by atoms with E-state index in [2.05, 4.69) is 35.4 Å². The van der Waals surface area contributed by atoms with E-state index in [1.54, 1.807) is 28.6 Å². The SMILES string of the molecule is Cc1ccc(C)n1CCN1CCN(S(=O)(=O)Cc2ccc(Cl)cc2)CC1. The number of nitrogens with zero attached hydrogens (tertiary/aromatic N) is 3. The van der Waals surface area contributed by atoms with Gasteiger partial charge in [0.2, 0.25) is 10.0 Å². The first-order valence-corrected chi connectivity index (χ1v) is 10.9. The molecule has 142 valence electrons. The number of benzene rings is 1. The lowest BCUT2D eigenvalue weighted by atomic mass is 10.2. The van der Waals surface area contributed by atoms with Crippen LogP contribution in [0, 0.1) is 13.8 Å². The zero-order chi connectivity index (χ0) is 18.7. The Bertz CT molecular complexity index is 819. The fourth-order valence-corrected chi connectivity index (χ4v) is 5.05. The highest BCUT2D eigenvalue weighted by atomic mass is 35.5. The van der Waals surface area contributed by atoms with Crippen molar-refractivity contribution in [1.29, 1.82) is 0 Å². The summed E-state index contributed by atoms with van der Waals surface area (Å²) in [6.07, 6.45) is 0. The van der Waals surface area contributed by atoms with Crippen LogP contribution in [0.4, 0.5) is 0 Å². The molecule has 1 saturated heterocycles. The molecule has 1 aliphatic heterocycles. The average molecular weight is 396 g/mol. The van der Waals surface area contributed by atoms with Gasteiger partial charge in [-0.15, -0.1) is 0 Å². The van der Waals surface area contributed by atoms with Crippen molar-refractivity contribution < 1.29 is 8.42 Å². The van der Waals surface area contributed by atoms with Crippen LogP contribution in [0.25, 0.3) is 0 Å². The summed E-state index contributed by atoms with van der Waals surface area (Å²) in [5.41, 5.74) is 3.31. The fraction of sp³-hybridized carbons (Fsp3) is 0.474. The van der Waals surface area contributed by atoms with Crippen LogP contribution in [0.5, 0.6) is 0 Å². The second-order valence-corrected chi connectivity index (χ2v) is 9.30. The van der Waals surface area contributed by atoms with Crippen molar-refractivity contribution >= 4 is 21.6 Å². The van der Waals surface area contributed by atoms with Crippen LogP contribution in [-0.2, 0) is 22.3 Å². The van der Waals surface area contributed by atoms with Gasteiger partial charge in [0.1, 0.15) is 0 Å². The van der Waals surface area contributed by atoms with E-state index in [0.717, 1.165) is 31.7 Å². The number of aromatic nitrogens is 1. The molecule has 0 N–H and O–H groups in total. The van der Waals surface area contributed by atoms with Gasteiger partial charge < -0.3 is 4.57 Å². The van der Waals surface area contributed by atoms with Crippen LogP contribution in [0.3, 0.4) is 0 Å². The topological polar surface area (TPSA) is 45.5 Å². The van der Waals surface area contributed by atoms with E-state index in [1.165, 1.54) is 11.4 Å². The highest BCUT2D eigenvalue weighted by Gasteiger charge is 2.27. The van der Waals surface area contributed by atoms with Gasteiger partial charge in [0, 0.05) is 55.7 Å². The molecule has 1 fully saturated rings. The molecule has 0 amide bonds. The minimum atomic E-state index is -3.29. The zero-order valence-corrected chi connectivity index (χ0v) is 16.9. The molecule has 1 aliphatic rings. The van der Waals surface area contributed by atoms with Crippen molar-refractivity contribution in [3.63, 3.8) is 0 Å². The maximum atomic E-state index is 12.7. The van der Waals surface area contributed by atoms with Gasteiger partial charge >= 0.3 is 0 Å². The van der Waals surface area contributed by atoms with Crippen LogP contribution in [0.15, 0.2) is 36.4 Å². The molecule has 2 heterocycles. The van der Waals surface area contributed by atoms with Crippen molar-refractivity contribution in [2.45, 2.75) is 26.1 Å². The Kier molecular flexibility index (Phi) is 6.07. The lowest BCUT2D eigenvalue weighted by molar-refractivity contribution is 0.182. The molecule has 0 unspecified atom stereocenters. The summed E-state index contributed by atoms with van der Waals surface area (Å²) >= 11 is 5.87. The summed E-state index contributed by atoms with van der Waals surface area (Å²) in [4.78, 5) is 2.34. The fourth-order valence-electron chi connectivity index (χ4n) is 3.41. The molecule has 0 atom stereocenters. The summed E-state index contributed by atoms with van der Waals surface area (Å²) in [5, 5.41) is 0.618. The maximum absolute atomic E-state index is 12.7. The van der Waals surface area contributed by atoms with Gasteiger partial charge in [-0.25, -0.2) is 8.42 Å². The molecule has 0 saturated carbocycles. The Labute approximate surface area is 161 Å². The third-order valence-electron chi connectivity index (χ3n) is 5.04. The average Bonchev–Trinajstić information content (AvgIpc) is 2.93. The van der Waals surface area contributed by atoms with Crippen LogP contribution in [0.1, 0.15) is 17.0 Å². The lowest BCUT2D eigenvalue weighted by Crippen LogP contribution is -2.49. The monoisotopic (exact) mass is 395 g/mol. The maximum Gasteiger partial charge on any atom is 0.218 e. The lowest BCUT2D eigenvalue weighted by Gasteiger charge is -2.34. The normalized spacial score (nSPS) is 16.9. The van der Waals surface area contributed by atoms with Crippen molar-refractivity contribution in [3.05, 3.63) is 58.4 Å². The molecule has 5 nitrogen and oxygen atoms in total. The van der Waals surface area contributed by atoms with E-state index < -0.39 is 10.0 Å². The van der Waals surface area contributed by atoms with Crippen molar-refractivity contribution in [1.82, 2.24) is 13.8 Å². The molecule has 7 heteroatoms. The molecule has 3 rings (SSSR count). The highest BCUT2D eigenvalue weighted by molar-refractivity contribution is 7.88. The second-order valence-electron chi connectivity index (χ2n) is 6.89. The first kappa shape index (κ1) is 19.4. The van der Waals surface area contributed by atoms with Crippen molar-refractivity contribution in [3.8, 4) is 0 Å². The molecule has 26 heavy (non-hydrogen) atoms. The van der Waals surface area contributed by atoms with Crippen molar-refractivity contribution in [2.24, 2.45) is 0 Å². The van der Waals surface area contributed by atoms with Gasteiger partial charge in [-0.1, -0.05) is 23.7 Å². The van der Waals surface area contributed by atoms with Gasteiger partial charge in [-0.2, -0.15) is 4.31 Å². The molecule has 0 bridgehead atoms. The van der Waals surface area contributed by atoms with E-state index in [4.69, 9.17) is 11.6 Å². The first-order valence-electron chi connectivity index (χ1n) is 8.92. The predicted octanol–water partition coefficient (Wildman–Crippen LogP) is 2.91. The second kappa shape index (κ2) is 8.13. The third-order valence-corrected chi connectivity index (χ3v) is 7.15. The van der Waals surface area contributed by atoms with E-state index in [0.29, 0.717) is 18.1 Å². The molecular formula is C19H26ClN3O2S. The Hall–Kier alpha value is -1.34. The molecule has 0 radical (unpaired) electrons. The van der Waals surface area contributed by atoms with Gasteiger partial charge in [0.05, 0.1) is 5.75 Å². The Morgan fingerprint density at radius 1 is 0.885 bits per heavy atom. The Morgan fingerprint density at radius 2 is 1.46 bits per heavy atom. The molecule has 0 aliphatic carbocycles. The first-order chi connectivity index (χ1) is 12.3. The summed E-state index contributed by atoms with van der Waals surface area (Å²) < 4.78 is 29.2. The largest absolute Gasteiger partial charge is 0.348 e. The standard InChI is InChI=1S/C19H26ClN3O2S/c1-16-3-4-17(2)23(16)14-11-21-9-12-22(13-10-21)26(24,25)15-18-5-7-19(20)8-6-18/h3-8H,9-15H2,1-2H3. The summed E-state index contributed by atoms with van der Waals surface area (Å²) in [5.74, 6) is 0.0337. The third kappa shape index (κ3) is 4.68. The van der Waals surface area contributed by atoms with Gasteiger partial charge in [-0.05, 0) is 43.7 Å². The number of sulfonamides is 1. The van der Waals surface area contributed by atoms with E-state index in [-0.39, 0.29) is 5.75 Å². The number of halogens is 1. The summed E-state index contributed by atoms with van der Waals surface area (Å²) in [7, 11) is -3.29. The molecular weight excluding hydrogens is 370 g/mol. The minimum Gasteiger partial charge on any atom is -0.348 e. The Balaban J connectivity index is 1.51. The van der Waals surface area contributed by atoms with Crippen LogP contribution < -0.4 is 0 Å². The van der Waals surface area contributed by atoms with Crippen LogP contribution in [-0.4, -0.2) is 54.9 Å². The molecule has 0 spiro atoms. The number of hydrogen-bond acceptors (Lipinski definition) is 3. The smallest absolute Gasteiger partial charge is 0.218 e. The van der Waals surface area contributed by atoms with Gasteiger partial charge in [-0.3, -0.25) is 4.90 Å². The zero-order valence-electron chi connectivity index (χ0n) is 15.4. The molecule has 2 aromatic rings. The van der Waals surface area contributed by atoms with Crippen molar-refractivity contribution in [2.75, 3.05) is 32.7 Å². The number of rotatable bonds is 6. The van der Waals surface area contributed by atoms with E-state index in [9.17, 15) is 8.42 Å². The number of hydrogen-bond donors (Lipinski definition) is 0.